The third-order valence-corrected chi connectivity index (χ3v) is 20.3. The van der Waals surface area contributed by atoms with Crippen LogP contribution < -0.4 is 0 Å². The minimum Gasteiger partial charge on any atom is -0.456 e. The van der Waals surface area contributed by atoms with Crippen LogP contribution in [0.25, 0.3) is 155 Å². The average Bonchev–Trinajstić information content (AvgIpc) is 1.79. The first-order valence-corrected chi connectivity index (χ1v) is 38.0. The molecule has 0 fully saturated rings. The number of benzene rings is 17. The van der Waals surface area contributed by atoms with Crippen molar-refractivity contribution in [2.24, 2.45) is 0 Å². The summed E-state index contributed by atoms with van der Waals surface area (Å²) in [4.78, 5) is 0. The van der Waals surface area contributed by atoms with Gasteiger partial charge in [-0.25, -0.2) is 0 Å². The van der Waals surface area contributed by atoms with E-state index in [1.165, 1.54) is 155 Å². The Labute approximate surface area is 651 Å². The Balaban J connectivity index is 0.000000107. The molecule has 0 radical (unpaired) electrons. The van der Waals surface area contributed by atoms with E-state index in [-0.39, 0.29) is 0 Å². The SMILES string of the molecule is Cc1ccc(-c2cc(-c3ccccc3)cc(-c3ccccc3)c2)cc1.Cc1ccc(-c2ccc(-c3ccccc3)c(-c3ccccc3)c2)cc1.Cc1ccc(-c2ccccc2)cc1-c1ccccc1.Cc1ccc2oc3ccccc3c2c1.Cc1cccc2c1oc1ccccc12.Cc1cccc2c1oc1ccccc12. The summed E-state index contributed by atoms with van der Waals surface area (Å²) in [5.74, 6) is 0. The molecular weight excluding hydrogens is 1350 g/mol. The first kappa shape index (κ1) is 72.7. The summed E-state index contributed by atoms with van der Waals surface area (Å²) >= 11 is 0. The summed E-state index contributed by atoms with van der Waals surface area (Å²) in [5.41, 5.74) is 33.6. The molecular formula is C108H86O3. The van der Waals surface area contributed by atoms with Gasteiger partial charge in [0.05, 0.1) is 0 Å². The molecule has 0 amide bonds. The van der Waals surface area contributed by atoms with Crippen molar-refractivity contribution < 1.29 is 13.3 Å². The Hall–Kier alpha value is -13.9. The zero-order chi connectivity index (χ0) is 75.8. The minimum absolute atomic E-state index is 0.966. The van der Waals surface area contributed by atoms with Crippen molar-refractivity contribution in [3.8, 4) is 89.0 Å². The fourth-order valence-corrected chi connectivity index (χ4v) is 14.3. The van der Waals surface area contributed by atoms with Gasteiger partial charge in [0.1, 0.15) is 33.5 Å². The first-order valence-electron chi connectivity index (χ1n) is 38.0. The molecule has 0 unspecified atom stereocenters. The molecule has 3 heteroatoms. The van der Waals surface area contributed by atoms with Gasteiger partial charge in [-0.1, -0.05) is 369 Å². The van der Waals surface area contributed by atoms with Gasteiger partial charge in [0.2, 0.25) is 0 Å². The van der Waals surface area contributed by atoms with E-state index < -0.39 is 0 Å². The van der Waals surface area contributed by atoms with Crippen LogP contribution in [0.3, 0.4) is 0 Å². The average molecular weight is 1430 g/mol. The highest BCUT2D eigenvalue weighted by Crippen LogP contribution is 2.39. The second-order valence-corrected chi connectivity index (χ2v) is 28.2. The van der Waals surface area contributed by atoms with E-state index >= 15 is 0 Å². The molecule has 0 atom stereocenters. The van der Waals surface area contributed by atoms with Gasteiger partial charge in [0.25, 0.3) is 0 Å². The molecule has 0 aliphatic rings. The molecule has 0 N–H and O–H groups in total. The molecule has 20 aromatic rings. The number of fused-ring (bicyclic) bond motifs is 9. The van der Waals surface area contributed by atoms with Crippen LogP contribution in [0.1, 0.15) is 33.4 Å². The number of para-hydroxylation sites is 5. The van der Waals surface area contributed by atoms with Crippen LogP contribution in [-0.4, -0.2) is 0 Å². The van der Waals surface area contributed by atoms with Crippen molar-refractivity contribution >= 4 is 65.8 Å². The quantitative estimate of drug-likeness (QED) is 0.152. The maximum Gasteiger partial charge on any atom is 0.138 e. The van der Waals surface area contributed by atoms with Gasteiger partial charge in [0, 0.05) is 32.3 Å². The van der Waals surface area contributed by atoms with Gasteiger partial charge >= 0.3 is 0 Å². The molecule has 0 aliphatic carbocycles. The predicted octanol–water partition coefficient (Wildman–Crippen LogP) is 31.0. The number of hydrogen-bond acceptors (Lipinski definition) is 3. The maximum atomic E-state index is 5.78. The van der Waals surface area contributed by atoms with E-state index in [4.69, 9.17) is 13.3 Å². The smallest absolute Gasteiger partial charge is 0.138 e. The lowest BCUT2D eigenvalue weighted by atomic mass is 9.91. The van der Waals surface area contributed by atoms with Crippen LogP contribution in [-0.2, 0) is 0 Å². The Morgan fingerprint density at radius 2 is 0.441 bits per heavy atom. The molecule has 536 valence electrons. The summed E-state index contributed by atoms with van der Waals surface area (Å²) < 4.78 is 17.3. The van der Waals surface area contributed by atoms with Crippen LogP contribution in [0.15, 0.2) is 426 Å². The number of aryl methyl sites for hydroxylation is 6. The first-order chi connectivity index (χ1) is 54.5. The summed E-state index contributed by atoms with van der Waals surface area (Å²) in [6, 6.07) is 144. The molecule has 3 aromatic heterocycles. The highest BCUT2D eigenvalue weighted by Gasteiger charge is 2.14. The van der Waals surface area contributed by atoms with E-state index in [0.717, 1.165) is 33.5 Å². The van der Waals surface area contributed by atoms with Gasteiger partial charge in [-0.05, 0) is 208 Å². The highest BCUT2D eigenvalue weighted by molar-refractivity contribution is 6.07. The highest BCUT2D eigenvalue weighted by atomic mass is 16.3. The van der Waals surface area contributed by atoms with Crippen LogP contribution in [0, 0.1) is 41.5 Å². The lowest BCUT2D eigenvalue weighted by Gasteiger charge is -2.13. The second-order valence-electron chi connectivity index (χ2n) is 28.2. The van der Waals surface area contributed by atoms with E-state index in [1.807, 2.05) is 60.7 Å². The summed E-state index contributed by atoms with van der Waals surface area (Å²) in [6.07, 6.45) is 0. The van der Waals surface area contributed by atoms with Crippen molar-refractivity contribution in [1.29, 1.82) is 0 Å². The molecule has 0 saturated heterocycles. The monoisotopic (exact) mass is 1430 g/mol. The van der Waals surface area contributed by atoms with Crippen molar-refractivity contribution in [1.82, 2.24) is 0 Å². The van der Waals surface area contributed by atoms with Gasteiger partial charge in [0.15, 0.2) is 0 Å². The van der Waals surface area contributed by atoms with Gasteiger partial charge in [-0.15, -0.1) is 0 Å². The molecule has 0 spiro atoms. The molecule has 20 rings (SSSR count). The molecule has 0 saturated carbocycles. The van der Waals surface area contributed by atoms with E-state index in [2.05, 4.69) is 393 Å². The van der Waals surface area contributed by atoms with E-state index in [0.29, 0.717) is 0 Å². The lowest BCUT2D eigenvalue weighted by Crippen LogP contribution is -1.87. The van der Waals surface area contributed by atoms with Crippen molar-refractivity contribution in [2.45, 2.75) is 41.5 Å². The summed E-state index contributed by atoms with van der Waals surface area (Å²) in [6.45, 7) is 12.7. The molecule has 3 nitrogen and oxygen atoms in total. The number of hydrogen-bond donors (Lipinski definition) is 0. The minimum atomic E-state index is 0.966. The molecule has 0 bridgehead atoms. The fraction of sp³-hybridized carbons (Fsp3) is 0.0556. The topological polar surface area (TPSA) is 39.4 Å². The molecule has 0 aliphatic heterocycles. The normalized spacial score (nSPS) is 10.8. The fourth-order valence-electron chi connectivity index (χ4n) is 14.3. The Kier molecular flexibility index (Phi) is 22.5. The second kappa shape index (κ2) is 34.4. The predicted molar refractivity (Wildman–Crippen MR) is 472 cm³/mol. The maximum absolute atomic E-state index is 5.78. The molecule has 17 aromatic carbocycles. The lowest BCUT2D eigenvalue weighted by molar-refractivity contribution is 0.665. The van der Waals surface area contributed by atoms with Gasteiger partial charge in [-0.2, -0.15) is 0 Å². The Morgan fingerprint density at radius 1 is 0.144 bits per heavy atom. The largest absolute Gasteiger partial charge is 0.456 e. The summed E-state index contributed by atoms with van der Waals surface area (Å²) in [7, 11) is 0. The van der Waals surface area contributed by atoms with E-state index in [1.54, 1.807) is 0 Å². The standard InChI is InChI=1S/2C25H20.C19H16.3C13H10O/c1-19-12-14-22(15-13-19)25-17-23(20-8-4-2-5-9-20)16-24(18-25)21-10-6-3-7-11-21;1-19-12-14-20(15-13-19)23-16-17-24(21-8-4-2-5-9-21)25(18-23)22-10-6-3-7-11-22;1-15-12-13-18(16-8-4-2-5-9-16)14-19(15)17-10-6-3-7-11-17;2*1-9-5-4-7-11-10-6-2-3-8-12(10)14-13(9)11;1-9-6-7-13-11(8-9)10-4-2-3-5-12(10)14-13/h2*2-18H,1H3;2-14H,1H3;3*2-8H,1H3. The third kappa shape index (κ3) is 17.3. The van der Waals surface area contributed by atoms with Crippen LogP contribution in [0.4, 0.5) is 0 Å². The van der Waals surface area contributed by atoms with Crippen molar-refractivity contribution in [2.75, 3.05) is 0 Å². The molecule has 111 heavy (non-hydrogen) atoms. The third-order valence-electron chi connectivity index (χ3n) is 20.3. The van der Waals surface area contributed by atoms with Crippen molar-refractivity contribution in [3.05, 3.63) is 446 Å². The van der Waals surface area contributed by atoms with Crippen molar-refractivity contribution in [3.63, 3.8) is 0 Å². The Bertz CT molecular complexity index is 6270. The van der Waals surface area contributed by atoms with Gasteiger partial charge < -0.3 is 13.3 Å². The van der Waals surface area contributed by atoms with Crippen LogP contribution in [0.5, 0.6) is 0 Å². The van der Waals surface area contributed by atoms with E-state index in [9.17, 15) is 0 Å². The molecule has 3 heterocycles. The van der Waals surface area contributed by atoms with Gasteiger partial charge in [-0.3, -0.25) is 0 Å². The van der Waals surface area contributed by atoms with Crippen LogP contribution >= 0.6 is 0 Å². The number of rotatable bonds is 8. The summed E-state index contributed by atoms with van der Waals surface area (Å²) in [5, 5.41) is 7.23. The zero-order valence-corrected chi connectivity index (χ0v) is 63.5. The zero-order valence-electron chi connectivity index (χ0n) is 63.5. The van der Waals surface area contributed by atoms with Crippen LogP contribution in [0.2, 0.25) is 0 Å². The Morgan fingerprint density at radius 3 is 0.883 bits per heavy atom. The number of furan rings is 3.